The Morgan fingerprint density at radius 3 is 1.25 bits per heavy atom. The van der Waals surface area contributed by atoms with E-state index in [0.29, 0.717) is 18.1 Å². The molecule has 74 valence electrons. The van der Waals surface area contributed by atoms with Gasteiger partial charge in [0.05, 0.1) is 0 Å². The highest BCUT2D eigenvalue weighted by Crippen LogP contribution is 2.16. The van der Waals surface area contributed by atoms with Gasteiger partial charge in [0.15, 0.2) is 0 Å². The molecule has 12 heavy (non-hydrogen) atoms. The molecule has 0 heterocycles. The first-order valence-corrected chi connectivity index (χ1v) is 5.23. The van der Waals surface area contributed by atoms with Crippen molar-refractivity contribution in [3.63, 3.8) is 0 Å². The molecule has 1 nitrogen and oxygen atoms in total. The van der Waals surface area contributed by atoms with Crippen molar-refractivity contribution in [1.29, 1.82) is 0 Å². The molecule has 0 saturated heterocycles. The summed E-state index contributed by atoms with van der Waals surface area (Å²) in [6, 6.07) is 1.59. The summed E-state index contributed by atoms with van der Waals surface area (Å²) in [5, 5.41) is 0.217. The molecule has 0 aliphatic heterocycles. The number of halogens is 1. The fourth-order valence-corrected chi connectivity index (χ4v) is 1.90. The van der Waals surface area contributed by atoms with E-state index in [9.17, 15) is 0 Å². The Labute approximate surface area is 82.1 Å². The second-order valence-electron chi connectivity index (χ2n) is 4.05. The Bertz CT molecular complexity index is 113. The molecular formula is C10H22ClN. The summed E-state index contributed by atoms with van der Waals surface area (Å²) < 4.78 is 0. The average molecular weight is 192 g/mol. The lowest BCUT2D eigenvalue weighted by Crippen LogP contribution is -2.46. The summed E-state index contributed by atoms with van der Waals surface area (Å²) in [6.45, 7) is 13.1. The molecule has 0 radical (unpaired) electrons. The number of hydrogen-bond donors (Lipinski definition) is 0. The molecule has 0 bridgehead atoms. The molecule has 2 heteroatoms. The van der Waals surface area contributed by atoms with Crippen LogP contribution in [0.2, 0.25) is 0 Å². The average Bonchev–Trinajstić information content (AvgIpc) is 1.85. The van der Waals surface area contributed by atoms with Gasteiger partial charge in [0.25, 0.3) is 0 Å². The van der Waals surface area contributed by atoms with Crippen molar-refractivity contribution >= 4 is 11.6 Å². The van der Waals surface area contributed by atoms with Crippen molar-refractivity contribution in [3.8, 4) is 0 Å². The minimum absolute atomic E-state index is 0.217. The van der Waals surface area contributed by atoms with E-state index in [1.165, 1.54) is 0 Å². The van der Waals surface area contributed by atoms with Gasteiger partial charge in [-0.15, -0.1) is 11.6 Å². The van der Waals surface area contributed by atoms with E-state index in [4.69, 9.17) is 11.6 Å². The molecule has 0 aliphatic carbocycles. The van der Waals surface area contributed by atoms with Crippen molar-refractivity contribution < 1.29 is 0 Å². The molecule has 0 N–H and O–H groups in total. The predicted octanol–water partition coefficient (Wildman–Crippen LogP) is 3.12. The topological polar surface area (TPSA) is 3.24 Å². The van der Waals surface area contributed by atoms with Crippen LogP contribution in [0.4, 0.5) is 0 Å². The fourth-order valence-electron chi connectivity index (χ4n) is 1.77. The van der Waals surface area contributed by atoms with Crippen LogP contribution in [-0.2, 0) is 0 Å². The molecule has 0 spiro atoms. The van der Waals surface area contributed by atoms with Crippen LogP contribution in [-0.4, -0.2) is 28.4 Å². The zero-order chi connectivity index (χ0) is 9.89. The Balaban J connectivity index is 4.30. The number of nitrogens with zero attached hydrogens (tertiary/aromatic N) is 1. The quantitative estimate of drug-likeness (QED) is 0.618. The molecule has 0 saturated carbocycles. The van der Waals surface area contributed by atoms with Gasteiger partial charge < -0.3 is 0 Å². The SMILES string of the molecule is CC(Cl)C(C)N(C(C)C)C(C)C. The minimum atomic E-state index is 0.217. The van der Waals surface area contributed by atoms with Crippen LogP contribution in [0.1, 0.15) is 41.5 Å². The van der Waals surface area contributed by atoms with Crippen LogP contribution in [0.15, 0.2) is 0 Å². The predicted molar refractivity (Wildman–Crippen MR) is 56.9 cm³/mol. The van der Waals surface area contributed by atoms with Gasteiger partial charge in [0, 0.05) is 23.5 Å². The third-order valence-electron chi connectivity index (χ3n) is 2.33. The van der Waals surface area contributed by atoms with Gasteiger partial charge in [-0.3, -0.25) is 4.90 Å². The van der Waals surface area contributed by atoms with E-state index in [2.05, 4.69) is 46.4 Å². The van der Waals surface area contributed by atoms with Crippen molar-refractivity contribution in [3.05, 3.63) is 0 Å². The molecule has 2 atom stereocenters. The molecule has 0 amide bonds. The third-order valence-corrected chi connectivity index (χ3v) is 2.69. The van der Waals surface area contributed by atoms with Crippen molar-refractivity contribution in [2.75, 3.05) is 0 Å². The highest BCUT2D eigenvalue weighted by Gasteiger charge is 2.23. The van der Waals surface area contributed by atoms with Crippen LogP contribution in [0.5, 0.6) is 0 Å². The Hall–Kier alpha value is 0.250. The van der Waals surface area contributed by atoms with E-state index in [-0.39, 0.29) is 5.38 Å². The van der Waals surface area contributed by atoms with Gasteiger partial charge in [0.1, 0.15) is 0 Å². The molecule has 0 aromatic heterocycles. The fraction of sp³-hybridized carbons (Fsp3) is 1.00. The standard InChI is InChI=1S/C10H22ClN/c1-7(2)12(8(3)4)10(6)9(5)11/h7-10H,1-6H3. The molecule has 2 unspecified atom stereocenters. The summed E-state index contributed by atoms with van der Waals surface area (Å²) in [4.78, 5) is 2.44. The summed E-state index contributed by atoms with van der Waals surface area (Å²) >= 11 is 6.07. The van der Waals surface area contributed by atoms with Crippen LogP contribution in [0.3, 0.4) is 0 Å². The lowest BCUT2D eigenvalue weighted by Gasteiger charge is -2.37. The lowest BCUT2D eigenvalue weighted by molar-refractivity contribution is 0.122. The normalized spacial score (nSPS) is 17.5. The summed E-state index contributed by atoms with van der Waals surface area (Å²) in [5.74, 6) is 0. The molecule has 0 rings (SSSR count). The van der Waals surface area contributed by atoms with Crippen molar-refractivity contribution in [1.82, 2.24) is 4.90 Å². The Morgan fingerprint density at radius 1 is 0.833 bits per heavy atom. The third kappa shape index (κ3) is 3.32. The Morgan fingerprint density at radius 2 is 1.17 bits per heavy atom. The minimum Gasteiger partial charge on any atom is -0.294 e. The number of rotatable bonds is 4. The monoisotopic (exact) mass is 191 g/mol. The number of alkyl halides is 1. The van der Waals surface area contributed by atoms with Crippen LogP contribution < -0.4 is 0 Å². The zero-order valence-corrected chi connectivity index (χ0v) is 9.89. The number of hydrogen-bond acceptors (Lipinski definition) is 1. The molecular weight excluding hydrogens is 170 g/mol. The maximum absolute atomic E-state index is 6.07. The van der Waals surface area contributed by atoms with Gasteiger partial charge in [-0.1, -0.05) is 0 Å². The largest absolute Gasteiger partial charge is 0.294 e. The van der Waals surface area contributed by atoms with E-state index in [1.54, 1.807) is 0 Å². The molecule has 0 fully saturated rings. The van der Waals surface area contributed by atoms with Gasteiger partial charge >= 0.3 is 0 Å². The molecule has 0 aliphatic rings. The van der Waals surface area contributed by atoms with Crippen LogP contribution in [0.25, 0.3) is 0 Å². The van der Waals surface area contributed by atoms with Gasteiger partial charge in [-0.25, -0.2) is 0 Å². The van der Waals surface area contributed by atoms with E-state index >= 15 is 0 Å². The lowest BCUT2D eigenvalue weighted by atomic mass is 10.1. The van der Waals surface area contributed by atoms with E-state index < -0.39 is 0 Å². The maximum Gasteiger partial charge on any atom is 0.0460 e. The van der Waals surface area contributed by atoms with Crippen LogP contribution >= 0.6 is 11.6 Å². The smallest absolute Gasteiger partial charge is 0.0460 e. The maximum atomic E-state index is 6.07. The van der Waals surface area contributed by atoms with Gasteiger partial charge in [0.2, 0.25) is 0 Å². The van der Waals surface area contributed by atoms with E-state index in [0.717, 1.165) is 0 Å². The first-order valence-electron chi connectivity index (χ1n) is 4.79. The highest BCUT2D eigenvalue weighted by molar-refractivity contribution is 6.20. The van der Waals surface area contributed by atoms with Gasteiger partial charge in [-0.2, -0.15) is 0 Å². The second kappa shape index (κ2) is 5.08. The summed E-state index contributed by atoms with van der Waals surface area (Å²) in [7, 11) is 0. The van der Waals surface area contributed by atoms with Crippen LogP contribution in [0, 0.1) is 0 Å². The van der Waals surface area contributed by atoms with Crippen molar-refractivity contribution in [2.24, 2.45) is 0 Å². The first kappa shape index (κ1) is 12.2. The molecule has 0 aromatic carbocycles. The zero-order valence-electron chi connectivity index (χ0n) is 9.13. The summed E-state index contributed by atoms with van der Waals surface area (Å²) in [6.07, 6.45) is 0. The van der Waals surface area contributed by atoms with Gasteiger partial charge in [-0.05, 0) is 41.5 Å². The van der Waals surface area contributed by atoms with E-state index in [1.807, 2.05) is 0 Å². The summed E-state index contributed by atoms with van der Waals surface area (Å²) in [5.41, 5.74) is 0. The Kier molecular flexibility index (Phi) is 5.19. The molecule has 0 aromatic rings. The van der Waals surface area contributed by atoms with Crippen molar-refractivity contribution in [2.45, 2.75) is 65.0 Å². The first-order chi connectivity index (χ1) is 5.37. The highest BCUT2D eigenvalue weighted by atomic mass is 35.5. The second-order valence-corrected chi connectivity index (χ2v) is 4.74.